The monoisotopic (exact) mass is 226 g/mol. The van der Waals surface area contributed by atoms with Crippen molar-refractivity contribution in [1.29, 1.82) is 0 Å². The number of nitrogens with zero attached hydrogens (tertiary/aromatic N) is 1. The van der Waals surface area contributed by atoms with Crippen LogP contribution < -0.4 is 5.32 Å². The lowest BCUT2D eigenvalue weighted by molar-refractivity contribution is -0.132. The summed E-state index contributed by atoms with van der Waals surface area (Å²) >= 11 is 1.75. The van der Waals surface area contributed by atoms with E-state index in [1.807, 2.05) is 12.1 Å². The van der Waals surface area contributed by atoms with Crippen molar-refractivity contribution in [1.82, 2.24) is 10.2 Å². The van der Waals surface area contributed by atoms with Crippen molar-refractivity contribution < 1.29 is 9.21 Å². The molecule has 2 rings (SSSR count). The van der Waals surface area contributed by atoms with Gasteiger partial charge in [-0.2, -0.15) is 0 Å². The second-order valence-electron chi connectivity index (χ2n) is 3.55. The van der Waals surface area contributed by atoms with Crippen LogP contribution in [0.25, 0.3) is 0 Å². The quantitative estimate of drug-likeness (QED) is 0.832. The van der Waals surface area contributed by atoms with Gasteiger partial charge in [0.1, 0.15) is 5.76 Å². The molecule has 0 aromatic carbocycles. The molecular weight excluding hydrogens is 212 g/mol. The Labute approximate surface area is 93.0 Å². The molecule has 1 amide bonds. The Kier molecular flexibility index (Phi) is 3.33. The molecule has 5 heteroatoms. The van der Waals surface area contributed by atoms with E-state index in [4.69, 9.17) is 4.42 Å². The molecule has 0 saturated carbocycles. The first-order valence-corrected chi connectivity index (χ1v) is 6.01. The summed E-state index contributed by atoms with van der Waals surface area (Å²) in [7, 11) is 1.80. The molecular formula is C10H14N2O2S. The Balaban J connectivity index is 1.89. The molecule has 0 aliphatic carbocycles. The average Bonchev–Trinajstić information content (AvgIpc) is 2.88. The van der Waals surface area contributed by atoms with Gasteiger partial charge in [0, 0.05) is 18.7 Å². The number of rotatable bonds is 3. The second kappa shape index (κ2) is 4.72. The van der Waals surface area contributed by atoms with Crippen LogP contribution in [0.2, 0.25) is 0 Å². The Morgan fingerprint density at radius 1 is 1.80 bits per heavy atom. The van der Waals surface area contributed by atoms with Crippen LogP contribution in [0.3, 0.4) is 0 Å². The third-order valence-corrected chi connectivity index (χ3v) is 3.30. The Hall–Kier alpha value is -0.940. The maximum absolute atomic E-state index is 11.9. The molecule has 1 unspecified atom stereocenters. The van der Waals surface area contributed by atoms with Gasteiger partial charge in [-0.3, -0.25) is 10.1 Å². The van der Waals surface area contributed by atoms with E-state index in [1.54, 1.807) is 30.0 Å². The molecule has 1 saturated heterocycles. The van der Waals surface area contributed by atoms with Crippen LogP contribution in [0.1, 0.15) is 5.76 Å². The van der Waals surface area contributed by atoms with Gasteiger partial charge in [0.25, 0.3) is 0 Å². The standard InChI is InChI=1S/C10H14N2O2S/c1-12(5-8-3-2-4-14-8)10(13)9-6-15-7-11-9/h2-4,9,11H,5-7H2,1H3. The van der Waals surface area contributed by atoms with Gasteiger partial charge in [-0.05, 0) is 12.1 Å². The van der Waals surface area contributed by atoms with Crippen LogP contribution in [0, 0.1) is 0 Å². The predicted molar refractivity (Wildman–Crippen MR) is 59.4 cm³/mol. The number of amides is 1. The number of thioether (sulfide) groups is 1. The van der Waals surface area contributed by atoms with E-state index in [0.29, 0.717) is 6.54 Å². The zero-order valence-electron chi connectivity index (χ0n) is 8.60. The zero-order chi connectivity index (χ0) is 10.7. The minimum absolute atomic E-state index is 0.0324. The normalized spacial score (nSPS) is 20.5. The van der Waals surface area contributed by atoms with Gasteiger partial charge in [-0.25, -0.2) is 0 Å². The van der Waals surface area contributed by atoms with Gasteiger partial charge in [0.15, 0.2) is 0 Å². The lowest BCUT2D eigenvalue weighted by Crippen LogP contribution is -2.42. The van der Waals surface area contributed by atoms with Crippen molar-refractivity contribution in [2.75, 3.05) is 18.7 Å². The van der Waals surface area contributed by atoms with Gasteiger partial charge in [0.2, 0.25) is 5.91 Å². The summed E-state index contributed by atoms with van der Waals surface area (Å²) in [5.74, 6) is 2.68. The van der Waals surface area contributed by atoms with Crippen LogP contribution in [0.4, 0.5) is 0 Å². The van der Waals surface area contributed by atoms with E-state index >= 15 is 0 Å². The number of carbonyl (C=O) groups excluding carboxylic acids is 1. The molecule has 2 heterocycles. The lowest BCUT2D eigenvalue weighted by Gasteiger charge is -2.19. The summed E-state index contributed by atoms with van der Waals surface area (Å²) in [6.45, 7) is 0.536. The first-order chi connectivity index (χ1) is 7.27. The first kappa shape index (κ1) is 10.6. The van der Waals surface area contributed by atoms with E-state index in [0.717, 1.165) is 17.4 Å². The molecule has 1 N–H and O–H groups in total. The van der Waals surface area contributed by atoms with E-state index in [-0.39, 0.29) is 11.9 Å². The van der Waals surface area contributed by atoms with Gasteiger partial charge in [-0.15, -0.1) is 11.8 Å². The van der Waals surface area contributed by atoms with Gasteiger partial charge in [-0.1, -0.05) is 0 Å². The van der Waals surface area contributed by atoms with Crippen LogP contribution in [-0.2, 0) is 11.3 Å². The van der Waals surface area contributed by atoms with Crippen molar-refractivity contribution in [2.24, 2.45) is 0 Å². The first-order valence-electron chi connectivity index (χ1n) is 4.86. The highest BCUT2D eigenvalue weighted by Crippen LogP contribution is 2.12. The molecule has 15 heavy (non-hydrogen) atoms. The van der Waals surface area contributed by atoms with Crippen molar-refractivity contribution in [3.8, 4) is 0 Å². The molecule has 1 aromatic heterocycles. The van der Waals surface area contributed by atoms with Gasteiger partial charge < -0.3 is 9.32 Å². The van der Waals surface area contributed by atoms with Crippen LogP contribution >= 0.6 is 11.8 Å². The van der Waals surface area contributed by atoms with Crippen LogP contribution in [-0.4, -0.2) is 35.5 Å². The fourth-order valence-electron chi connectivity index (χ4n) is 1.53. The van der Waals surface area contributed by atoms with E-state index < -0.39 is 0 Å². The maximum Gasteiger partial charge on any atom is 0.240 e. The topological polar surface area (TPSA) is 45.5 Å². The molecule has 82 valence electrons. The Morgan fingerprint density at radius 3 is 3.27 bits per heavy atom. The predicted octanol–water partition coefficient (Wildman–Crippen LogP) is 0.901. The summed E-state index contributed by atoms with van der Waals surface area (Å²) in [4.78, 5) is 13.6. The van der Waals surface area contributed by atoms with Gasteiger partial charge >= 0.3 is 0 Å². The van der Waals surface area contributed by atoms with Crippen molar-refractivity contribution >= 4 is 17.7 Å². The van der Waals surface area contributed by atoms with E-state index in [9.17, 15) is 4.79 Å². The third-order valence-electron chi connectivity index (χ3n) is 2.36. The Bertz CT molecular complexity index is 320. The molecule has 0 bridgehead atoms. The van der Waals surface area contributed by atoms with E-state index in [1.165, 1.54) is 0 Å². The molecule has 1 atom stereocenters. The Morgan fingerprint density at radius 2 is 2.67 bits per heavy atom. The molecule has 0 spiro atoms. The zero-order valence-corrected chi connectivity index (χ0v) is 9.42. The molecule has 1 aromatic rings. The van der Waals surface area contributed by atoms with Crippen molar-refractivity contribution in [3.63, 3.8) is 0 Å². The van der Waals surface area contributed by atoms with Crippen LogP contribution in [0.15, 0.2) is 22.8 Å². The average molecular weight is 226 g/mol. The fraction of sp³-hybridized carbons (Fsp3) is 0.500. The second-order valence-corrected chi connectivity index (χ2v) is 4.58. The van der Waals surface area contributed by atoms with E-state index in [2.05, 4.69) is 5.32 Å². The molecule has 1 aliphatic rings. The van der Waals surface area contributed by atoms with Crippen molar-refractivity contribution in [2.45, 2.75) is 12.6 Å². The summed E-state index contributed by atoms with van der Waals surface area (Å²) in [5.41, 5.74) is 0. The highest BCUT2D eigenvalue weighted by molar-refractivity contribution is 7.99. The van der Waals surface area contributed by atoms with Crippen molar-refractivity contribution in [3.05, 3.63) is 24.2 Å². The highest BCUT2D eigenvalue weighted by atomic mass is 32.2. The lowest BCUT2D eigenvalue weighted by atomic mass is 10.3. The largest absolute Gasteiger partial charge is 0.467 e. The van der Waals surface area contributed by atoms with Gasteiger partial charge in [0.05, 0.1) is 18.8 Å². The SMILES string of the molecule is CN(Cc1ccco1)C(=O)C1CSCN1. The molecule has 1 fully saturated rings. The summed E-state index contributed by atoms with van der Waals surface area (Å²) in [5, 5.41) is 3.16. The molecule has 0 radical (unpaired) electrons. The van der Waals surface area contributed by atoms with Crippen LogP contribution in [0.5, 0.6) is 0 Å². The number of nitrogens with one attached hydrogen (secondary N) is 1. The fourth-order valence-corrected chi connectivity index (χ4v) is 2.47. The smallest absolute Gasteiger partial charge is 0.240 e. The number of carbonyl (C=O) groups is 1. The maximum atomic E-state index is 11.9. The number of hydrogen-bond acceptors (Lipinski definition) is 4. The molecule has 4 nitrogen and oxygen atoms in total. The number of hydrogen-bond donors (Lipinski definition) is 1. The highest BCUT2D eigenvalue weighted by Gasteiger charge is 2.25. The summed E-state index contributed by atoms with van der Waals surface area (Å²) in [6, 6.07) is 3.67. The number of furan rings is 1. The summed E-state index contributed by atoms with van der Waals surface area (Å²) < 4.78 is 5.20. The number of likely N-dealkylation sites (N-methyl/N-ethyl adjacent to an activating group) is 1. The summed E-state index contributed by atoms with van der Waals surface area (Å²) in [6.07, 6.45) is 1.62. The third kappa shape index (κ3) is 2.54. The molecule has 1 aliphatic heterocycles. The minimum Gasteiger partial charge on any atom is -0.467 e. The minimum atomic E-state index is -0.0324.